The van der Waals surface area contributed by atoms with Gasteiger partial charge in [-0.2, -0.15) is 0 Å². The lowest BCUT2D eigenvalue weighted by molar-refractivity contribution is 0.562. The first-order chi connectivity index (χ1) is 19.0. The van der Waals surface area contributed by atoms with E-state index in [4.69, 9.17) is 0 Å². The van der Waals surface area contributed by atoms with Crippen molar-refractivity contribution in [2.24, 2.45) is 5.92 Å². The molecule has 0 heteroatoms. The molecule has 5 aromatic carbocycles. The van der Waals surface area contributed by atoms with E-state index in [9.17, 15) is 0 Å². The van der Waals surface area contributed by atoms with Gasteiger partial charge in [0.05, 0.1) is 5.41 Å². The summed E-state index contributed by atoms with van der Waals surface area (Å²) >= 11 is 0. The van der Waals surface area contributed by atoms with E-state index in [-0.39, 0.29) is 5.41 Å². The molecule has 5 aromatic rings. The molecular formula is C39H38. The maximum Gasteiger partial charge on any atom is 0.0718 e. The Balaban J connectivity index is 1.68. The third-order valence-corrected chi connectivity index (χ3v) is 8.94. The van der Waals surface area contributed by atoms with Crippen LogP contribution in [0.5, 0.6) is 0 Å². The van der Waals surface area contributed by atoms with Gasteiger partial charge in [0.25, 0.3) is 0 Å². The van der Waals surface area contributed by atoms with Gasteiger partial charge in [-0.25, -0.2) is 0 Å². The minimum atomic E-state index is -0.369. The van der Waals surface area contributed by atoms with Crippen LogP contribution in [0.2, 0.25) is 0 Å². The molecule has 0 spiro atoms. The molecule has 194 valence electrons. The first-order valence-corrected chi connectivity index (χ1v) is 14.4. The van der Waals surface area contributed by atoms with Crippen molar-refractivity contribution >= 4 is 0 Å². The van der Waals surface area contributed by atoms with E-state index in [0.29, 0.717) is 11.8 Å². The zero-order chi connectivity index (χ0) is 27.1. The highest BCUT2D eigenvalue weighted by Crippen LogP contribution is 2.57. The fourth-order valence-electron chi connectivity index (χ4n) is 7.13. The van der Waals surface area contributed by atoms with Crippen LogP contribution in [-0.2, 0) is 11.8 Å². The lowest BCUT2D eigenvalue weighted by atomic mass is 9.65. The van der Waals surface area contributed by atoms with Gasteiger partial charge in [0.2, 0.25) is 0 Å². The maximum absolute atomic E-state index is 2.55. The van der Waals surface area contributed by atoms with Crippen LogP contribution in [0, 0.1) is 19.8 Å². The Hall–Kier alpha value is -3.90. The Morgan fingerprint density at radius 2 is 1.05 bits per heavy atom. The van der Waals surface area contributed by atoms with Gasteiger partial charge in [-0.05, 0) is 87.4 Å². The summed E-state index contributed by atoms with van der Waals surface area (Å²) in [4.78, 5) is 0. The molecule has 1 unspecified atom stereocenters. The van der Waals surface area contributed by atoms with Crippen molar-refractivity contribution in [3.63, 3.8) is 0 Å². The molecule has 0 amide bonds. The highest BCUT2D eigenvalue weighted by molar-refractivity contribution is 5.87. The van der Waals surface area contributed by atoms with Crippen LogP contribution in [0.1, 0.15) is 76.8 Å². The van der Waals surface area contributed by atoms with Gasteiger partial charge in [-0.15, -0.1) is 0 Å². The molecule has 6 rings (SSSR count). The summed E-state index contributed by atoms with van der Waals surface area (Å²) in [5.74, 6) is 0.807. The van der Waals surface area contributed by atoms with Crippen LogP contribution in [-0.4, -0.2) is 0 Å². The minimum absolute atomic E-state index is 0.330. The van der Waals surface area contributed by atoms with E-state index in [1.165, 1.54) is 61.2 Å². The number of benzene rings is 5. The minimum Gasteiger partial charge on any atom is -0.0620 e. The molecule has 0 N–H and O–H groups in total. The Morgan fingerprint density at radius 1 is 0.538 bits per heavy atom. The molecule has 0 heterocycles. The smallest absolute Gasteiger partial charge is 0.0620 e. The zero-order valence-corrected chi connectivity index (χ0v) is 23.8. The number of hydrogen-bond donors (Lipinski definition) is 0. The van der Waals surface area contributed by atoms with Gasteiger partial charge >= 0.3 is 0 Å². The van der Waals surface area contributed by atoms with Gasteiger partial charge in [0.1, 0.15) is 0 Å². The molecule has 0 aliphatic heterocycles. The van der Waals surface area contributed by atoms with E-state index >= 15 is 0 Å². The lowest BCUT2D eigenvalue weighted by Gasteiger charge is -2.37. The summed E-state index contributed by atoms with van der Waals surface area (Å²) in [6.45, 7) is 11.5. The molecule has 0 saturated heterocycles. The van der Waals surface area contributed by atoms with Crippen LogP contribution >= 0.6 is 0 Å². The van der Waals surface area contributed by atoms with E-state index in [1.54, 1.807) is 0 Å². The molecule has 1 aliphatic rings. The second-order valence-electron chi connectivity index (χ2n) is 11.5. The van der Waals surface area contributed by atoms with Crippen molar-refractivity contribution in [2.45, 2.75) is 52.4 Å². The third-order valence-electron chi connectivity index (χ3n) is 8.94. The molecular weight excluding hydrogens is 468 g/mol. The number of rotatable bonds is 6. The summed E-state index contributed by atoms with van der Waals surface area (Å²) in [6.07, 6.45) is 1.07. The molecule has 0 fully saturated rings. The number of fused-ring (bicyclic) bond motifs is 3. The second-order valence-corrected chi connectivity index (χ2v) is 11.5. The van der Waals surface area contributed by atoms with Crippen LogP contribution in [0.4, 0.5) is 0 Å². The van der Waals surface area contributed by atoms with Crippen LogP contribution < -0.4 is 0 Å². The molecule has 0 bridgehead atoms. The van der Waals surface area contributed by atoms with E-state index in [0.717, 1.165) is 6.42 Å². The molecule has 0 nitrogen and oxygen atoms in total. The Morgan fingerprint density at radius 3 is 1.62 bits per heavy atom. The summed E-state index contributed by atoms with van der Waals surface area (Å²) in [7, 11) is 0. The fraction of sp³-hybridized carbons (Fsp3) is 0.231. The predicted octanol–water partition coefficient (Wildman–Crippen LogP) is 10.0. The molecule has 1 aliphatic carbocycles. The first kappa shape index (κ1) is 25.4. The highest BCUT2D eigenvalue weighted by Gasteiger charge is 2.47. The van der Waals surface area contributed by atoms with Crippen molar-refractivity contribution < 1.29 is 0 Å². The van der Waals surface area contributed by atoms with E-state index in [2.05, 4.69) is 150 Å². The second kappa shape index (κ2) is 10.0. The summed E-state index contributed by atoms with van der Waals surface area (Å²) in [6, 6.07) is 43.7. The molecule has 0 radical (unpaired) electrons. The highest BCUT2D eigenvalue weighted by atomic mass is 14.5. The number of aryl methyl sites for hydroxylation is 3. The van der Waals surface area contributed by atoms with Gasteiger partial charge in [0.15, 0.2) is 0 Å². The van der Waals surface area contributed by atoms with Crippen molar-refractivity contribution in [1.29, 1.82) is 0 Å². The Kier molecular flexibility index (Phi) is 6.51. The van der Waals surface area contributed by atoms with Crippen LogP contribution in [0.25, 0.3) is 11.1 Å². The first-order valence-electron chi connectivity index (χ1n) is 14.4. The molecule has 0 aromatic heterocycles. The third kappa shape index (κ3) is 3.97. The Labute approximate surface area is 234 Å². The van der Waals surface area contributed by atoms with Crippen molar-refractivity contribution in [3.8, 4) is 11.1 Å². The summed E-state index contributed by atoms with van der Waals surface area (Å²) in [5, 5.41) is 0. The zero-order valence-electron chi connectivity index (χ0n) is 23.8. The fourth-order valence-corrected chi connectivity index (χ4v) is 7.13. The van der Waals surface area contributed by atoms with Gasteiger partial charge < -0.3 is 0 Å². The quantitative estimate of drug-likeness (QED) is 0.211. The summed E-state index contributed by atoms with van der Waals surface area (Å²) in [5.41, 5.74) is 14.7. The molecule has 39 heavy (non-hydrogen) atoms. The summed E-state index contributed by atoms with van der Waals surface area (Å²) < 4.78 is 0. The SMILES string of the molecule is CCc1ccc(C(c2ccc3c(c2)C(c2ccccc2C)(c2ccccc2C)c2ccccc2-3)C(C)C)cc1. The van der Waals surface area contributed by atoms with Gasteiger partial charge in [-0.1, -0.05) is 136 Å². The van der Waals surface area contributed by atoms with Crippen molar-refractivity contribution in [1.82, 2.24) is 0 Å². The lowest BCUT2D eigenvalue weighted by Crippen LogP contribution is -2.30. The predicted molar refractivity (Wildman–Crippen MR) is 166 cm³/mol. The van der Waals surface area contributed by atoms with E-state index in [1.807, 2.05) is 0 Å². The van der Waals surface area contributed by atoms with Gasteiger partial charge in [-0.3, -0.25) is 0 Å². The Bertz CT molecular complexity index is 1590. The van der Waals surface area contributed by atoms with Gasteiger partial charge in [0, 0.05) is 5.92 Å². The van der Waals surface area contributed by atoms with E-state index < -0.39 is 0 Å². The van der Waals surface area contributed by atoms with Crippen molar-refractivity contribution in [3.05, 3.63) is 165 Å². The van der Waals surface area contributed by atoms with Crippen LogP contribution in [0.3, 0.4) is 0 Å². The largest absolute Gasteiger partial charge is 0.0718 e. The number of hydrogen-bond acceptors (Lipinski definition) is 0. The average molecular weight is 507 g/mol. The standard InChI is InChI=1S/C39H38/c1-6-29-19-21-30(22-20-29)38(26(2)3)31-23-24-33-32-15-9-12-18-36(32)39(37(33)25-31,34-16-10-7-13-27(34)4)35-17-11-8-14-28(35)5/h7-26,38H,6H2,1-5H3. The monoisotopic (exact) mass is 506 g/mol. The topological polar surface area (TPSA) is 0 Å². The normalized spacial score (nSPS) is 14.2. The molecule has 0 saturated carbocycles. The van der Waals surface area contributed by atoms with Crippen LogP contribution in [0.15, 0.2) is 115 Å². The van der Waals surface area contributed by atoms with Crippen molar-refractivity contribution in [2.75, 3.05) is 0 Å². The molecule has 1 atom stereocenters. The average Bonchev–Trinajstić information content (AvgIpc) is 3.24. The maximum atomic E-state index is 2.55.